The number of aromatic nitrogens is 2. The van der Waals surface area contributed by atoms with Crippen LogP contribution in [0.1, 0.15) is 23.2 Å². The molecule has 0 aliphatic carbocycles. The predicted octanol–water partition coefficient (Wildman–Crippen LogP) is 5.00. The van der Waals surface area contributed by atoms with Crippen molar-refractivity contribution >= 4 is 45.3 Å². The lowest BCUT2D eigenvalue weighted by molar-refractivity contribution is -0.116. The van der Waals surface area contributed by atoms with E-state index < -0.39 is 0 Å². The van der Waals surface area contributed by atoms with Gasteiger partial charge in [0.25, 0.3) is 0 Å². The summed E-state index contributed by atoms with van der Waals surface area (Å²) < 4.78 is 0. The first-order valence-corrected chi connectivity index (χ1v) is 11.4. The number of carbonyl (C=O) groups excluding carboxylic acids is 2. The van der Waals surface area contributed by atoms with E-state index in [-0.39, 0.29) is 18.2 Å². The molecule has 0 bridgehead atoms. The smallest absolute Gasteiger partial charge is 0.232 e. The molecule has 0 spiro atoms. The van der Waals surface area contributed by atoms with Crippen LogP contribution in [-0.2, 0) is 22.4 Å². The molecule has 2 aromatic heterocycles. The van der Waals surface area contributed by atoms with Crippen molar-refractivity contribution in [2.24, 2.45) is 0 Å². The number of carbonyl (C=O) groups is 2. The third-order valence-electron chi connectivity index (χ3n) is 4.39. The number of hydrogen-bond acceptors (Lipinski definition) is 6. The van der Waals surface area contributed by atoms with Crippen molar-refractivity contribution < 1.29 is 9.59 Å². The average Bonchev–Trinajstić information content (AvgIpc) is 3.38. The Hall–Kier alpha value is -3.36. The summed E-state index contributed by atoms with van der Waals surface area (Å²) in [4.78, 5) is 32.6. The second kappa shape index (κ2) is 9.63. The first-order valence-electron chi connectivity index (χ1n) is 9.66. The van der Waals surface area contributed by atoms with Gasteiger partial charge in [-0.25, -0.2) is 9.97 Å². The average molecular weight is 449 g/mol. The molecule has 0 aliphatic rings. The summed E-state index contributed by atoms with van der Waals surface area (Å²) in [5.41, 5.74) is 4.38. The van der Waals surface area contributed by atoms with Gasteiger partial charge in [-0.05, 0) is 17.7 Å². The van der Waals surface area contributed by atoms with Crippen LogP contribution < -0.4 is 10.6 Å². The lowest BCUT2D eigenvalue weighted by Gasteiger charge is -2.03. The number of nitrogens with zero attached hydrogens (tertiary/aromatic N) is 2. The van der Waals surface area contributed by atoms with Crippen molar-refractivity contribution in [3.05, 3.63) is 81.6 Å². The van der Waals surface area contributed by atoms with Gasteiger partial charge in [-0.3, -0.25) is 9.59 Å². The molecular weight excluding hydrogens is 428 g/mol. The van der Waals surface area contributed by atoms with Crippen LogP contribution in [0.2, 0.25) is 0 Å². The minimum Gasteiger partial charge on any atom is -0.326 e. The largest absolute Gasteiger partial charge is 0.326 e. The molecule has 4 aromatic rings. The quantitative estimate of drug-likeness (QED) is 0.417. The number of benzene rings is 2. The van der Waals surface area contributed by atoms with E-state index in [0.717, 1.165) is 34.1 Å². The molecule has 0 aliphatic heterocycles. The zero-order valence-corrected chi connectivity index (χ0v) is 18.4. The molecule has 0 atom stereocenters. The maximum absolute atomic E-state index is 12.4. The Bertz CT molecular complexity index is 1180. The third kappa shape index (κ3) is 5.84. The van der Waals surface area contributed by atoms with Crippen LogP contribution in [0.5, 0.6) is 0 Å². The maximum Gasteiger partial charge on any atom is 0.232 e. The number of amides is 2. The topological polar surface area (TPSA) is 84.0 Å². The minimum atomic E-state index is -0.140. The fraction of sp³-hybridized carbons (Fsp3) is 0.130. The van der Waals surface area contributed by atoms with Gasteiger partial charge < -0.3 is 10.6 Å². The van der Waals surface area contributed by atoms with Crippen molar-refractivity contribution in [1.29, 1.82) is 0 Å². The van der Waals surface area contributed by atoms with Gasteiger partial charge in [-0.2, -0.15) is 0 Å². The Kier molecular flexibility index (Phi) is 6.49. The van der Waals surface area contributed by atoms with Crippen LogP contribution in [0.25, 0.3) is 11.3 Å². The highest BCUT2D eigenvalue weighted by molar-refractivity contribution is 7.14. The van der Waals surface area contributed by atoms with Crippen LogP contribution in [0.3, 0.4) is 0 Å². The first-order chi connectivity index (χ1) is 15.0. The monoisotopic (exact) mass is 448 g/mol. The summed E-state index contributed by atoms with van der Waals surface area (Å²) in [6.07, 6.45) is 0.981. The highest BCUT2D eigenvalue weighted by atomic mass is 32.1. The Balaban J connectivity index is 1.33. The molecule has 0 radical (unpaired) electrons. The lowest BCUT2D eigenvalue weighted by Crippen LogP contribution is -2.14. The van der Waals surface area contributed by atoms with Crippen molar-refractivity contribution in [2.45, 2.75) is 19.8 Å². The standard InChI is InChI=1S/C23H20N4O2S2/c1-15(28)24-18-9-7-17(8-10-18)20-14-31-23(26-20)27-21(29)12-19-13-30-22(25-19)11-16-5-3-2-4-6-16/h2-10,13-14H,11-12H2,1H3,(H,24,28)(H,26,27,29). The summed E-state index contributed by atoms with van der Waals surface area (Å²) in [6.45, 7) is 1.47. The fourth-order valence-corrected chi connectivity index (χ4v) is 4.57. The summed E-state index contributed by atoms with van der Waals surface area (Å²) >= 11 is 2.94. The molecule has 2 amide bonds. The Morgan fingerprint density at radius 1 is 0.903 bits per heavy atom. The van der Waals surface area contributed by atoms with Gasteiger partial charge in [0.15, 0.2) is 5.13 Å². The highest BCUT2D eigenvalue weighted by Crippen LogP contribution is 2.26. The van der Waals surface area contributed by atoms with Crippen molar-refractivity contribution in [3.8, 4) is 11.3 Å². The van der Waals surface area contributed by atoms with E-state index in [1.165, 1.54) is 23.8 Å². The van der Waals surface area contributed by atoms with E-state index in [4.69, 9.17) is 0 Å². The van der Waals surface area contributed by atoms with E-state index in [1.54, 1.807) is 11.3 Å². The molecule has 0 unspecified atom stereocenters. The van der Waals surface area contributed by atoms with Crippen LogP contribution in [0.4, 0.5) is 10.8 Å². The molecule has 2 N–H and O–H groups in total. The van der Waals surface area contributed by atoms with Gasteiger partial charge in [-0.1, -0.05) is 42.5 Å². The number of rotatable bonds is 7. The Morgan fingerprint density at radius 2 is 1.68 bits per heavy atom. The number of hydrogen-bond donors (Lipinski definition) is 2. The van der Waals surface area contributed by atoms with Crippen LogP contribution >= 0.6 is 22.7 Å². The molecule has 2 heterocycles. The van der Waals surface area contributed by atoms with E-state index in [2.05, 4.69) is 32.7 Å². The van der Waals surface area contributed by atoms with Crippen LogP contribution in [0, 0.1) is 0 Å². The van der Waals surface area contributed by atoms with E-state index in [1.807, 2.05) is 53.2 Å². The summed E-state index contributed by atoms with van der Waals surface area (Å²) in [6, 6.07) is 17.6. The fourth-order valence-electron chi connectivity index (χ4n) is 3.00. The highest BCUT2D eigenvalue weighted by Gasteiger charge is 2.11. The molecule has 0 fully saturated rings. The van der Waals surface area contributed by atoms with E-state index in [0.29, 0.717) is 5.13 Å². The molecule has 156 valence electrons. The van der Waals surface area contributed by atoms with Gasteiger partial charge in [0, 0.05) is 35.4 Å². The molecule has 0 saturated carbocycles. The van der Waals surface area contributed by atoms with Gasteiger partial charge in [-0.15, -0.1) is 22.7 Å². The zero-order valence-electron chi connectivity index (χ0n) is 16.8. The normalized spacial score (nSPS) is 10.6. The molecule has 4 rings (SSSR count). The van der Waals surface area contributed by atoms with Gasteiger partial charge in [0.05, 0.1) is 22.8 Å². The van der Waals surface area contributed by atoms with Crippen molar-refractivity contribution in [2.75, 3.05) is 10.6 Å². The van der Waals surface area contributed by atoms with Gasteiger partial charge >= 0.3 is 0 Å². The number of thiazole rings is 2. The number of anilines is 2. The van der Waals surface area contributed by atoms with E-state index in [9.17, 15) is 9.59 Å². The summed E-state index contributed by atoms with van der Waals surface area (Å²) in [7, 11) is 0. The first kappa shape index (κ1) is 20.9. The van der Waals surface area contributed by atoms with Gasteiger partial charge in [0.2, 0.25) is 11.8 Å². The third-order valence-corrected chi connectivity index (χ3v) is 6.05. The lowest BCUT2D eigenvalue weighted by atomic mass is 10.1. The zero-order chi connectivity index (χ0) is 21.6. The molecular formula is C23H20N4O2S2. The minimum absolute atomic E-state index is 0.112. The SMILES string of the molecule is CC(=O)Nc1ccc(-c2csc(NC(=O)Cc3csc(Cc4ccccc4)n3)n2)cc1. The van der Waals surface area contributed by atoms with Crippen molar-refractivity contribution in [3.63, 3.8) is 0 Å². The Morgan fingerprint density at radius 3 is 2.42 bits per heavy atom. The second-order valence-electron chi connectivity index (χ2n) is 6.92. The van der Waals surface area contributed by atoms with Gasteiger partial charge in [0.1, 0.15) is 0 Å². The number of nitrogens with one attached hydrogen (secondary N) is 2. The predicted molar refractivity (Wildman–Crippen MR) is 126 cm³/mol. The molecule has 31 heavy (non-hydrogen) atoms. The summed E-state index contributed by atoms with van der Waals surface area (Å²) in [5.74, 6) is -0.253. The summed E-state index contributed by atoms with van der Waals surface area (Å²) in [5, 5.41) is 11.0. The Labute approximate surface area is 188 Å². The molecule has 2 aromatic carbocycles. The van der Waals surface area contributed by atoms with E-state index >= 15 is 0 Å². The second-order valence-corrected chi connectivity index (χ2v) is 8.72. The maximum atomic E-state index is 12.4. The molecule has 8 heteroatoms. The van der Waals surface area contributed by atoms with Crippen LogP contribution in [0.15, 0.2) is 65.4 Å². The van der Waals surface area contributed by atoms with Crippen LogP contribution in [-0.4, -0.2) is 21.8 Å². The molecule has 0 saturated heterocycles. The molecule has 6 nitrogen and oxygen atoms in total. The van der Waals surface area contributed by atoms with Crippen molar-refractivity contribution in [1.82, 2.24) is 9.97 Å².